The zero-order valence-electron chi connectivity index (χ0n) is 14.1. The van der Waals surface area contributed by atoms with Crippen LogP contribution in [0.2, 0.25) is 0 Å². The predicted molar refractivity (Wildman–Crippen MR) is 92.8 cm³/mol. The van der Waals surface area contributed by atoms with Gasteiger partial charge in [-0.3, -0.25) is 9.59 Å². The third kappa shape index (κ3) is 4.68. The average Bonchev–Trinajstić information content (AvgIpc) is 2.56. The van der Waals surface area contributed by atoms with E-state index in [1.807, 2.05) is 6.92 Å². The number of morpholine rings is 1. The number of nitrogens with one attached hydrogen (secondary N) is 1. The normalized spacial score (nSPS) is 24.0. The summed E-state index contributed by atoms with van der Waals surface area (Å²) in [5, 5.41) is 3.16. The third-order valence-corrected chi connectivity index (χ3v) is 4.48. The van der Waals surface area contributed by atoms with Crippen LogP contribution in [0.15, 0.2) is 24.3 Å². The second-order valence-electron chi connectivity index (χ2n) is 6.21. The summed E-state index contributed by atoms with van der Waals surface area (Å²) in [5.74, 6) is -0.532. The van der Waals surface area contributed by atoms with Crippen molar-refractivity contribution in [3.05, 3.63) is 35.6 Å². The van der Waals surface area contributed by atoms with E-state index < -0.39 is 6.04 Å². The molecular formula is C17H23ClFN3O3. The van der Waals surface area contributed by atoms with Crippen molar-refractivity contribution in [2.24, 2.45) is 0 Å². The molecule has 25 heavy (non-hydrogen) atoms. The van der Waals surface area contributed by atoms with Gasteiger partial charge in [0, 0.05) is 26.2 Å². The fourth-order valence-corrected chi connectivity index (χ4v) is 3.13. The lowest BCUT2D eigenvalue weighted by atomic mass is 10.1. The minimum absolute atomic E-state index is 0. The van der Waals surface area contributed by atoms with Gasteiger partial charge in [-0.15, -0.1) is 12.4 Å². The summed E-state index contributed by atoms with van der Waals surface area (Å²) in [7, 11) is 0. The monoisotopic (exact) mass is 371 g/mol. The molecule has 2 aliphatic heterocycles. The van der Waals surface area contributed by atoms with E-state index in [2.05, 4.69) is 5.32 Å². The standard InChI is InChI=1S/C17H22FN3O3.ClH/c1-12-16(19-5-8-24-12)17(23)21-7-6-20(15(22)11-21)10-13-3-2-4-14(18)9-13;/h2-4,9,12,16,19H,5-8,10-11H2,1H3;1H/t12-,16+;/m1./s1. The molecule has 0 aliphatic carbocycles. The van der Waals surface area contributed by atoms with E-state index in [9.17, 15) is 14.0 Å². The fourth-order valence-electron chi connectivity index (χ4n) is 3.13. The largest absolute Gasteiger partial charge is 0.375 e. The van der Waals surface area contributed by atoms with E-state index in [0.717, 1.165) is 5.56 Å². The van der Waals surface area contributed by atoms with Crippen molar-refractivity contribution < 1.29 is 18.7 Å². The lowest BCUT2D eigenvalue weighted by Gasteiger charge is -2.38. The average molecular weight is 372 g/mol. The highest BCUT2D eigenvalue weighted by molar-refractivity contribution is 5.89. The maximum absolute atomic E-state index is 13.3. The topological polar surface area (TPSA) is 61.9 Å². The Morgan fingerprint density at radius 2 is 2.20 bits per heavy atom. The molecule has 2 aliphatic rings. The molecule has 0 spiro atoms. The van der Waals surface area contributed by atoms with Crippen LogP contribution < -0.4 is 5.32 Å². The fraction of sp³-hybridized carbons (Fsp3) is 0.529. The highest BCUT2D eigenvalue weighted by atomic mass is 35.5. The van der Waals surface area contributed by atoms with Gasteiger partial charge >= 0.3 is 0 Å². The minimum Gasteiger partial charge on any atom is -0.375 e. The number of carbonyl (C=O) groups is 2. The number of hydrogen-bond acceptors (Lipinski definition) is 4. The molecule has 1 N–H and O–H groups in total. The van der Waals surface area contributed by atoms with Gasteiger partial charge in [-0.25, -0.2) is 4.39 Å². The molecule has 2 atom stereocenters. The zero-order chi connectivity index (χ0) is 17.1. The summed E-state index contributed by atoms with van der Waals surface area (Å²) < 4.78 is 18.8. The molecule has 2 heterocycles. The van der Waals surface area contributed by atoms with E-state index in [0.29, 0.717) is 32.8 Å². The summed E-state index contributed by atoms with van der Waals surface area (Å²) in [4.78, 5) is 28.2. The molecule has 0 bridgehead atoms. The first-order valence-electron chi connectivity index (χ1n) is 8.20. The van der Waals surface area contributed by atoms with Gasteiger partial charge in [0.2, 0.25) is 11.8 Å². The molecule has 2 fully saturated rings. The second-order valence-corrected chi connectivity index (χ2v) is 6.21. The zero-order valence-corrected chi connectivity index (χ0v) is 14.9. The number of halogens is 2. The van der Waals surface area contributed by atoms with Gasteiger partial charge in [0.05, 0.1) is 19.3 Å². The van der Waals surface area contributed by atoms with Crippen LogP contribution in [-0.2, 0) is 20.9 Å². The van der Waals surface area contributed by atoms with Crippen molar-refractivity contribution >= 4 is 24.2 Å². The van der Waals surface area contributed by atoms with Crippen LogP contribution >= 0.6 is 12.4 Å². The van der Waals surface area contributed by atoms with Crippen LogP contribution in [0.5, 0.6) is 0 Å². The number of nitrogens with zero attached hydrogens (tertiary/aromatic N) is 2. The number of benzene rings is 1. The molecule has 0 unspecified atom stereocenters. The molecule has 1 aromatic carbocycles. The molecule has 2 saturated heterocycles. The van der Waals surface area contributed by atoms with Crippen molar-refractivity contribution in [2.75, 3.05) is 32.8 Å². The van der Waals surface area contributed by atoms with E-state index in [1.54, 1.807) is 21.9 Å². The summed E-state index contributed by atoms with van der Waals surface area (Å²) in [5.41, 5.74) is 0.749. The van der Waals surface area contributed by atoms with Crippen LogP contribution in [0.1, 0.15) is 12.5 Å². The van der Waals surface area contributed by atoms with Crippen LogP contribution in [0, 0.1) is 5.82 Å². The van der Waals surface area contributed by atoms with Gasteiger partial charge in [-0.1, -0.05) is 12.1 Å². The Labute approximate surface area is 152 Å². The minimum atomic E-state index is -0.402. The molecule has 6 nitrogen and oxygen atoms in total. The number of ether oxygens (including phenoxy) is 1. The van der Waals surface area contributed by atoms with Gasteiger partial charge in [-0.2, -0.15) is 0 Å². The first-order valence-corrected chi connectivity index (χ1v) is 8.20. The summed E-state index contributed by atoms with van der Waals surface area (Å²) in [6.45, 7) is 4.42. The van der Waals surface area contributed by atoms with Crippen molar-refractivity contribution in [2.45, 2.75) is 25.6 Å². The van der Waals surface area contributed by atoms with E-state index >= 15 is 0 Å². The molecule has 3 rings (SSSR count). The van der Waals surface area contributed by atoms with Gasteiger partial charge in [0.25, 0.3) is 0 Å². The van der Waals surface area contributed by atoms with Crippen molar-refractivity contribution in [3.8, 4) is 0 Å². The SMILES string of the molecule is C[C@H]1OCCN[C@@H]1C(=O)N1CCN(Cc2cccc(F)c2)C(=O)C1.Cl. The maximum Gasteiger partial charge on any atom is 0.242 e. The van der Waals surface area contributed by atoms with Crippen LogP contribution in [0.25, 0.3) is 0 Å². The highest BCUT2D eigenvalue weighted by Crippen LogP contribution is 2.14. The third-order valence-electron chi connectivity index (χ3n) is 4.48. The molecule has 1 aromatic rings. The number of amides is 2. The first-order chi connectivity index (χ1) is 11.5. The quantitative estimate of drug-likeness (QED) is 0.853. The predicted octanol–water partition coefficient (Wildman–Crippen LogP) is 0.795. The molecule has 0 saturated carbocycles. The number of carbonyl (C=O) groups excluding carboxylic acids is 2. The molecule has 0 radical (unpaired) electrons. The second kappa shape index (κ2) is 8.60. The summed E-state index contributed by atoms with van der Waals surface area (Å²) in [6.07, 6.45) is -0.202. The number of hydrogen-bond donors (Lipinski definition) is 1. The van der Waals surface area contributed by atoms with Crippen molar-refractivity contribution in [1.29, 1.82) is 0 Å². The molecule has 138 valence electrons. The van der Waals surface area contributed by atoms with Crippen molar-refractivity contribution in [3.63, 3.8) is 0 Å². The van der Waals surface area contributed by atoms with Crippen LogP contribution in [-0.4, -0.2) is 66.5 Å². The molecule has 8 heteroatoms. The van der Waals surface area contributed by atoms with Crippen LogP contribution in [0.3, 0.4) is 0 Å². The summed E-state index contributed by atoms with van der Waals surface area (Å²) in [6, 6.07) is 5.82. The van der Waals surface area contributed by atoms with E-state index in [4.69, 9.17) is 4.74 Å². The van der Waals surface area contributed by atoms with Crippen LogP contribution in [0.4, 0.5) is 4.39 Å². The van der Waals surface area contributed by atoms with Gasteiger partial charge in [-0.05, 0) is 24.6 Å². The number of rotatable bonds is 3. The first kappa shape index (κ1) is 19.6. The Kier molecular flexibility index (Phi) is 6.75. The van der Waals surface area contributed by atoms with E-state index in [1.165, 1.54) is 12.1 Å². The Bertz CT molecular complexity index is 631. The Morgan fingerprint density at radius 3 is 2.88 bits per heavy atom. The molecule has 0 aromatic heterocycles. The van der Waals surface area contributed by atoms with Gasteiger partial charge in [0.1, 0.15) is 11.9 Å². The smallest absolute Gasteiger partial charge is 0.242 e. The molecular weight excluding hydrogens is 349 g/mol. The van der Waals surface area contributed by atoms with Gasteiger partial charge in [0.15, 0.2) is 0 Å². The summed E-state index contributed by atoms with van der Waals surface area (Å²) >= 11 is 0. The lowest BCUT2D eigenvalue weighted by Crippen LogP contribution is -2.60. The van der Waals surface area contributed by atoms with Crippen molar-refractivity contribution in [1.82, 2.24) is 15.1 Å². The Morgan fingerprint density at radius 1 is 1.40 bits per heavy atom. The van der Waals surface area contributed by atoms with Gasteiger partial charge < -0.3 is 19.9 Å². The van der Waals surface area contributed by atoms with E-state index in [-0.39, 0.29) is 42.7 Å². The maximum atomic E-state index is 13.3. The highest BCUT2D eigenvalue weighted by Gasteiger charge is 2.35. The number of piperazine rings is 1. The Balaban J connectivity index is 0.00000225. The molecule has 2 amide bonds. The Hall–Kier alpha value is -1.70. The lowest BCUT2D eigenvalue weighted by molar-refractivity contribution is -0.150.